The monoisotopic (exact) mass is 333 g/mol. The second-order valence-electron chi connectivity index (χ2n) is 7.83. The Hall–Kier alpha value is -0.940. The Morgan fingerprint density at radius 1 is 1.29 bits per heavy atom. The summed E-state index contributed by atoms with van der Waals surface area (Å²) in [6.45, 7) is 7.12. The van der Waals surface area contributed by atoms with E-state index in [1.165, 1.54) is 11.1 Å². The van der Waals surface area contributed by atoms with Crippen molar-refractivity contribution in [2.75, 3.05) is 26.4 Å². The number of nitrogens with one attached hydrogen (secondary N) is 1. The Morgan fingerprint density at radius 2 is 2.04 bits per heavy atom. The van der Waals surface area contributed by atoms with Gasteiger partial charge in [0.05, 0.1) is 18.8 Å². The van der Waals surface area contributed by atoms with Crippen LogP contribution in [0.1, 0.15) is 50.3 Å². The van der Waals surface area contributed by atoms with Crippen LogP contribution in [0.25, 0.3) is 0 Å². The van der Waals surface area contributed by atoms with Crippen LogP contribution in [0.5, 0.6) is 0 Å². The van der Waals surface area contributed by atoms with E-state index in [0.29, 0.717) is 13.2 Å². The van der Waals surface area contributed by atoms with Crippen molar-refractivity contribution in [2.24, 2.45) is 5.41 Å². The van der Waals surface area contributed by atoms with Crippen LogP contribution in [-0.4, -0.2) is 43.7 Å². The number of aliphatic hydroxyl groups excluding tert-OH is 1. The fraction of sp³-hybridized carbons (Fsp3) is 0.700. The molecule has 0 aromatic heterocycles. The van der Waals surface area contributed by atoms with Crippen LogP contribution in [0.15, 0.2) is 24.3 Å². The lowest BCUT2D eigenvalue weighted by molar-refractivity contribution is -0.0594. The molecule has 4 nitrogen and oxygen atoms in total. The highest BCUT2D eigenvalue weighted by atomic mass is 16.5. The third kappa shape index (κ3) is 4.37. The summed E-state index contributed by atoms with van der Waals surface area (Å²) in [4.78, 5) is 0. The van der Waals surface area contributed by atoms with Gasteiger partial charge in [-0.15, -0.1) is 0 Å². The first kappa shape index (κ1) is 17.9. The molecule has 0 bridgehead atoms. The van der Waals surface area contributed by atoms with Gasteiger partial charge in [0.1, 0.15) is 0 Å². The van der Waals surface area contributed by atoms with Gasteiger partial charge in [0.15, 0.2) is 0 Å². The summed E-state index contributed by atoms with van der Waals surface area (Å²) >= 11 is 0. The van der Waals surface area contributed by atoms with Gasteiger partial charge in [-0.1, -0.05) is 38.1 Å². The molecule has 0 amide bonds. The molecule has 0 saturated carbocycles. The summed E-state index contributed by atoms with van der Waals surface area (Å²) in [5.74, 6) is 0. The number of aryl methyl sites for hydroxylation is 1. The van der Waals surface area contributed by atoms with Gasteiger partial charge < -0.3 is 19.9 Å². The first-order valence-electron chi connectivity index (χ1n) is 9.25. The average Bonchev–Trinajstić information content (AvgIpc) is 2.59. The molecule has 1 fully saturated rings. The highest BCUT2D eigenvalue weighted by Crippen LogP contribution is 2.43. The molecule has 2 N–H and O–H groups in total. The van der Waals surface area contributed by atoms with Crippen molar-refractivity contribution in [1.82, 2.24) is 5.32 Å². The highest BCUT2D eigenvalue weighted by molar-refractivity contribution is 5.34. The fourth-order valence-corrected chi connectivity index (χ4v) is 3.85. The minimum Gasteiger partial charge on any atom is -0.389 e. The van der Waals surface area contributed by atoms with Crippen LogP contribution in [0, 0.1) is 5.41 Å². The van der Waals surface area contributed by atoms with Crippen LogP contribution in [0.4, 0.5) is 0 Å². The molecule has 1 saturated heterocycles. The van der Waals surface area contributed by atoms with E-state index in [1.54, 1.807) is 0 Å². The summed E-state index contributed by atoms with van der Waals surface area (Å²) in [7, 11) is 0. The van der Waals surface area contributed by atoms with Gasteiger partial charge >= 0.3 is 0 Å². The van der Waals surface area contributed by atoms with Crippen molar-refractivity contribution >= 4 is 0 Å². The fourth-order valence-electron chi connectivity index (χ4n) is 3.85. The maximum absolute atomic E-state index is 10.3. The normalized spacial score (nSPS) is 25.2. The molecule has 1 aliphatic carbocycles. The van der Waals surface area contributed by atoms with Crippen LogP contribution in [0.2, 0.25) is 0 Å². The van der Waals surface area contributed by atoms with Crippen molar-refractivity contribution < 1.29 is 14.6 Å². The van der Waals surface area contributed by atoms with E-state index in [2.05, 4.69) is 43.4 Å². The molecule has 2 aliphatic rings. The first-order chi connectivity index (χ1) is 11.6. The quantitative estimate of drug-likeness (QED) is 0.840. The highest BCUT2D eigenvalue weighted by Gasteiger charge is 2.35. The molecule has 4 heteroatoms. The van der Waals surface area contributed by atoms with Crippen molar-refractivity contribution in [1.29, 1.82) is 0 Å². The molecule has 2 atom stereocenters. The second-order valence-corrected chi connectivity index (χ2v) is 7.83. The Balaban J connectivity index is 1.52. The van der Waals surface area contributed by atoms with Crippen molar-refractivity contribution in [3.63, 3.8) is 0 Å². The van der Waals surface area contributed by atoms with E-state index in [4.69, 9.17) is 9.47 Å². The summed E-state index contributed by atoms with van der Waals surface area (Å²) < 4.78 is 11.2. The molecule has 0 spiro atoms. The summed E-state index contributed by atoms with van der Waals surface area (Å²) in [5, 5.41) is 13.9. The molecule has 0 unspecified atom stereocenters. The molecule has 24 heavy (non-hydrogen) atoms. The molecule has 1 aliphatic heterocycles. The third-order valence-corrected chi connectivity index (χ3v) is 5.44. The van der Waals surface area contributed by atoms with E-state index in [9.17, 15) is 5.11 Å². The van der Waals surface area contributed by atoms with Gasteiger partial charge in [0, 0.05) is 25.8 Å². The van der Waals surface area contributed by atoms with Crippen molar-refractivity contribution in [3.05, 3.63) is 35.4 Å². The number of aliphatic hydroxyl groups is 1. The molecule has 1 heterocycles. The number of hydrogen-bond acceptors (Lipinski definition) is 4. The number of rotatable bonds is 6. The molecule has 1 aromatic carbocycles. The Morgan fingerprint density at radius 3 is 2.83 bits per heavy atom. The molecule has 1 aromatic rings. The van der Waals surface area contributed by atoms with Crippen LogP contribution in [0.3, 0.4) is 0 Å². The maximum Gasteiger partial charge on any atom is 0.0898 e. The largest absolute Gasteiger partial charge is 0.389 e. The lowest BCUT2D eigenvalue weighted by atomic mass is 9.70. The zero-order chi connectivity index (χ0) is 17.0. The van der Waals surface area contributed by atoms with E-state index in [1.807, 2.05) is 0 Å². The number of hydrogen-bond donors (Lipinski definition) is 2. The van der Waals surface area contributed by atoms with E-state index >= 15 is 0 Å². The lowest BCUT2D eigenvalue weighted by Gasteiger charge is -2.41. The van der Waals surface area contributed by atoms with Crippen LogP contribution >= 0.6 is 0 Å². The van der Waals surface area contributed by atoms with Crippen molar-refractivity contribution in [2.45, 2.75) is 57.8 Å². The summed E-state index contributed by atoms with van der Waals surface area (Å²) in [6, 6.07) is 8.95. The number of fused-ring (bicyclic) bond motifs is 1. The molecule has 134 valence electrons. The van der Waals surface area contributed by atoms with E-state index in [-0.39, 0.29) is 17.6 Å². The van der Waals surface area contributed by atoms with Crippen LogP contribution < -0.4 is 5.32 Å². The Labute approximate surface area is 145 Å². The number of ether oxygens (including phenoxy) is 2. The minimum atomic E-state index is -0.474. The molecular weight excluding hydrogens is 302 g/mol. The lowest BCUT2D eigenvalue weighted by Crippen LogP contribution is -2.42. The Kier molecular flexibility index (Phi) is 5.93. The Bertz CT molecular complexity index is 525. The standard InChI is InChI=1S/C20H31NO3/c1-20(2)10-7-15-5-3-4-6-18(15)19(20)21-13-16(22)14-24-17-8-11-23-12-9-17/h3-6,16-17,19,21-22H,7-14H2,1-2H3/t16-,19-/m0/s1. The molecule has 0 radical (unpaired) electrons. The first-order valence-corrected chi connectivity index (χ1v) is 9.25. The van der Waals surface area contributed by atoms with Gasteiger partial charge in [-0.3, -0.25) is 0 Å². The van der Waals surface area contributed by atoms with Crippen molar-refractivity contribution in [3.8, 4) is 0 Å². The van der Waals surface area contributed by atoms with E-state index in [0.717, 1.165) is 38.9 Å². The zero-order valence-corrected chi connectivity index (χ0v) is 15.0. The van der Waals surface area contributed by atoms with Gasteiger partial charge in [-0.05, 0) is 42.2 Å². The average molecular weight is 333 g/mol. The minimum absolute atomic E-state index is 0.190. The SMILES string of the molecule is CC1(C)CCc2ccccc2[C@@H]1NC[C@H](O)COC1CCOCC1. The van der Waals surface area contributed by atoms with Gasteiger partial charge in [0.25, 0.3) is 0 Å². The zero-order valence-electron chi connectivity index (χ0n) is 15.0. The van der Waals surface area contributed by atoms with Crippen LogP contribution in [-0.2, 0) is 15.9 Å². The smallest absolute Gasteiger partial charge is 0.0898 e. The molecule has 3 rings (SSSR count). The summed E-state index contributed by atoms with van der Waals surface area (Å²) in [5.41, 5.74) is 3.00. The third-order valence-electron chi connectivity index (χ3n) is 5.44. The topological polar surface area (TPSA) is 50.7 Å². The predicted molar refractivity (Wildman–Crippen MR) is 95.1 cm³/mol. The molecular formula is C20H31NO3. The predicted octanol–water partition coefficient (Wildman–Crippen LogP) is 2.85. The van der Waals surface area contributed by atoms with Gasteiger partial charge in [0.2, 0.25) is 0 Å². The summed E-state index contributed by atoms with van der Waals surface area (Å²) in [6.07, 6.45) is 3.93. The number of benzene rings is 1. The maximum atomic E-state index is 10.3. The second kappa shape index (κ2) is 7.96. The van der Waals surface area contributed by atoms with Gasteiger partial charge in [-0.2, -0.15) is 0 Å². The van der Waals surface area contributed by atoms with Gasteiger partial charge in [-0.25, -0.2) is 0 Å². The van der Waals surface area contributed by atoms with E-state index < -0.39 is 6.10 Å².